The zero-order valence-electron chi connectivity index (χ0n) is 16.4. The molecule has 2 aromatic heterocycles. The highest BCUT2D eigenvalue weighted by Crippen LogP contribution is 2.29. The summed E-state index contributed by atoms with van der Waals surface area (Å²) in [5.74, 6) is 0.278. The molecule has 0 fully saturated rings. The number of hydrogen-bond acceptors (Lipinski definition) is 4. The van der Waals surface area contributed by atoms with E-state index in [-0.39, 0.29) is 5.91 Å². The number of anilines is 1. The molecule has 6 heteroatoms. The molecule has 6 nitrogen and oxygen atoms in total. The Hall–Kier alpha value is -2.89. The van der Waals surface area contributed by atoms with Gasteiger partial charge in [-0.05, 0) is 50.7 Å². The SMILES string of the molecule is CCCNC(=O)c1c(N)n(CCC2=CCCCC2)c2nc3ccccc3nc12. The quantitative estimate of drug-likeness (QED) is 0.631. The lowest BCUT2D eigenvalue weighted by molar-refractivity contribution is 0.0956. The number of aryl methyl sites for hydroxylation is 1. The van der Waals surface area contributed by atoms with E-state index in [9.17, 15) is 4.79 Å². The van der Waals surface area contributed by atoms with Crippen molar-refractivity contribution >= 4 is 33.9 Å². The summed E-state index contributed by atoms with van der Waals surface area (Å²) >= 11 is 0. The first-order valence-electron chi connectivity index (χ1n) is 10.2. The number of aromatic nitrogens is 3. The molecule has 0 unspecified atom stereocenters. The predicted molar refractivity (Wildman–Crippen MR) is 113 cm³/mol. The summed E-state index contributed by atoms with van der Waals surface area (Å²) in [6.45, 7) is 3.35. The molecule has 2 heterocycles. The van der Waals surface area contributed by atoms with Crippen LogP contribution in [0.15, 0.2) is 35.9 Å². The molecule has 4 rings (SSSR count). The monoisotopic (exact) mass is 377 g/mol. The molecule has 28 heavy (non-hydrogen) atoms. The third kappa shape index (κ3) is 3.46. The number of hydrogen-bond donors (Lipinski definition) is 2. The molecule has 3 N–H and O–H groups in total. The molecule has 0 spiro atoms. The predicted octanol–water partition coefficient (Wildman–Crippen LogP) is 4.20. The Morgan fingerprint density at radius 2 is 2.00 bits per heavy atom. The average Bonchev–Trinajstić information content (AvgIpc) is 3.00. The summed E-state index contributed by atoms with van der Waals surface area (Å²) in [5.41, 5.74) is 11.2. The number of carbonyl (C=O) groups excluding carboxylic acids is 1. The highest BCUT2D eigenvalue weighted by Gasteiger charge is 2.23. The van der Waals surface area contributed by atoms with E-state index < -0.39 is 0 Å². The molecule has 0 radical (unpaired) electrons. The fraction of sp³-hybridized carbons (Fsp3) is 0.409. The second-order valence-corrected chi connectivity index (χ2v) is 7.41. The Kier molecular flexibility index (Phi) is 5.28. The molecule has 0 saturated carbocycles. The van der Waals surface area contributed by atoms with E-state index >= 15 is 0 Å². The second-order valence-electron chi connectivity index (χ2n) is 7.41. The molecule has 0 bridgehead atoms. The lowest BCUT2D eigenvalue weighted by atomic mass is 9.97. The van der Waals surface area contributed by atoms with Crippen LogP contribution in [-0.4, -0.2) is 27.0 Å². The molecule has 3 aromatic rings. The van der Waals surface area contributed by atoms with Crippen molar-refractivity contribution in [2.24, 2.45) is 0 Å². The fourth-order valence-electron chi connectivity index (χ4n) is 3.88. The van der Waals surface area contributed by atoms with Gasteiger partial charge in [0.2, 0.25) is 0 Å². The van der Waals surface area contributed by atoms with Crippen molar-refractivity contribution < 1.29 is 4.79 Å². The highest BCUT2D eigenvalue weighted by molar-refractivity contribution is 6.10. The summed E-state index contributed by atoms with van der Waals surface area (Å²) in [5, 5.41) is 2.94. The number of nitrogens with two attached hydrogens (primary N) is 1. The van der Waals surface area contributed by atoms with Crippen LogP contribution in [0, 0.1) is 0 Å². The molecule has 146 valence electrons. The number of fused-ring (bicyclic) bond motifs is 2. The van der Waals surface area contributed by atoms with Crippen molar-refractivity contribution in [3.05, 3.63) is 41.5 Å². The Morgan fingerprint density at radius 3 is 2.71 bits per heavy atom. The van der Waals surface area contributed by atoms with Crippen molar-refractivity contribution in [3.63, 3.8) is 0 Å². The van der Waals surface area contributed by atoms with Crippen LogP contribution in [0.5, 0.6) is 0 Å². The Morgan fingerprint density at radius 1 is 1.21 bits per heavy atom. The maximum Gasteiger partial charge on any atom is 0.257 e. The summed E-state index contributed by atoms with van der Waals surface area (Å²) < 4.78 is 1.96. The Balaban J connectivity index is 1.80. The lowest BCUT2D eigenvalue weighted by Crippen LogP contribution is -2.25. The van der Waals surface area contributed by atoms with Crippen molar-refractivity contribution in [3.8, 4) is 0 Å². The maximum atomic E-state index is 12.8. The van der Waals surface area contributed by atoms with Crippen LogP contribution < -0.4 is 11.1 Å². The lowest BCUT2D eigenvalue weighted by Gasteiger charge is -2.14. The first kappa shape index (κ1) is 18.5. The van der Waals surface area contributed by atoms with Gasteiger partial charge >= 0.3 is 0 Å². The van der Waals surface area contributed by atoms with Gasteiger partial charge in [0, 0.05) is 13.1 Å². The van der Waals surface area contributed by atoms with Crippen molar-refractivity contribution in [1.82, 2.24) is 19.9 Å². The number of nitrogen functional groups attached to an aromatic ring is 1. The van der Waals surface area contributed by atoms with E-state index in [0.717, 1.165) is 36.7 Å². The molecule has 1 amide bonds. The molecular weight excluding hydrogens is 350 g/mol. The summed E-state index contributed by atoms with van der Waals surface area (Å²) in [6.07, 6.45) is 8.98. The van der Waals surface area contributed by atoms with Gasteiger partial charge in [-0.2, -0.15) is 0 Å². The molecular formula is C22H27N5O. The average molecular weight is 377 g/mol. The van der Waals surface area contributed by atoms with E-state index in [1.54, 1.807) is 0 Å². The molecule has 0 atom stereocenters. The van der Waals surface area contributed by atoms with Gasteiger partial charge in [0.15, 0.2) is 5.65 Å². The number of nitrogens with one attached hydrogen (secondary N) is 1. The van der Waals surface area contributed by atoms with Gasteiger partial charge in [0.1, 0.15) is 16.9 Å². The van der Waals surface area contributed by atoms with Crippen LogP contribution >= 0.6 is 0 Å². The first-order valence-corrected chi connectivity index (χ1v) is 10.2. The number of carbonyl (C=O) groups is 1. The van der Waals surface area contributed by atoms with Gasteiger partial charge in [0.25, 0.3) is 5.91 Å². The van der Waals surface area contributed by atoms with Gasteiger partial charge in [-0.15, -0.1) is 0 Å². The second kappa shape index (κ2) is 8.00. The Bertz CT molecular complexity index is 1050. The third-order valence-corrected chi connectivity index (χ3v) is 5.40. The van der Waals surface area contributed by atoms with Crippen LogP contribution in [0.25, 0.3) is 22.2 Å². The standard InChI is InChI=1S/C22H27N5O/c1-2-13-24-22(28)18-19-21(26-17-11-7-6-10-16(17)25-19)27(20(18)23)14-12-15-8-4-3-5-9-15/h6-8,10-11H,2-5,9,12-14,23H2,1H3,(H,24,28). The van der Waals surface area contributed by atoms with Gasteiger partial charge in [-0.25, -0.2) is 9.97 Å². The number of nitrogens with zero attached hydrogens (tertiary/aromatic N) is 3. The van der Waals surface area contributed by atoms with Gasteiger partial charge in [-0.3, -0.25) is 4.79 Å². The largest absolute Gasteiger partial charge is 0.384 e. The smallest absolute Gasteiger partial charge is 0.257 e. The van der Waals surface area contributed by atoms with Crippen molar-refractivity contribution in [2.45, 2.75) is 52.0 Å². The van der Waals surface area contributed by atoms with E-state index in [1.165, 1.54) is 18.4 Å². The number of amides is 1. The summed E-state index contributed by atoms with van der Waals surface area (Å²) in [6, 6.07) is 7.72. The normalized spacial score (nSPS) is 14.4. The fourth-order valence-corrected chi connectivity index (χ4v) is 3.88. The Labute approximate surface area is 164 Å². The van der Waals surface area contributed by atoms with Gasteiger partial charge in [-0.1, -0.05) is 30.7 Å². The summed E-state index contributed by atoms with van der Waals surface area (Å²) in [7, 11) is 0. The number of para-hydroxylation sites is 2. The van der Waals surface area contributed by atoms with Crippen LogP contribution in [0.1, 0.15) is 55.8 Å². The van der Waals surface area contributed by atoms with Crippen LogP contribution in [0.3, 0.4) is 0 Å². The molecule has 1 aromatic carbocycles. The van der Waals surface area contributed by atoms with Crippen LogP contribution in [-0.2, 0) is 6.54 Å². The minimum absolute atomic E-state index is 0.176. The molecule has 1 aliphatic carbocycles. The maximum absolute atomic E-state index is 12.8. The van der Waals surface area contributed by atoms with E-state index in [2.05, 4.69) is 11.4 Å². The van der Waals surface area contributed by atoms with Gasteiger partial charge < -0.3 is 15.6 Å². The van der Waals surface area contributed by atoms with Crippen LogP contribution in [0.4, 0.5) is 5.82 Å². The topological polar surface area (TPSA) is 85.8 Å². The molecule has 0 saturated heterocycles. The zero-order valence-corrected chi connectivity index (χ0v) is 16.4. The first-order chi connectivity index (χ1) is 13.7. The number of allylic oxidation sites excluding steroid dienone is 2. The minimum Gasteiger partial charge on any atom is -0.384 e. The molecule has 0 aliphatic heterocycles. The number of rotatable bonds is 6. The van der Waals surface area contributed by atoms with Crippen molar-refractivity contribution in [1.29, 1.82) is 0 Å². The number of benzene rings is 1. The molecule has 1 aliphatic rings. The zero-order chi connectivity index (χ0) is 19.5. The third-order valence-electron chi connectivity index (χ3n) is 5.40. The van der Waals surface area contributed by atoms with E-state index in [1.807, 2.05) is 35.8 Å². The van der Waals surface area contributed by atoms with E-state index in [4.69, 9.17) is 15.7 Å². The minimum atomic E-state index is -0.176. The van der Waals surface area contributed by atoms with Crippen LogP contribution in [0.2, 0.25) is 0 Å². The van der Waals surface area contributed by atoms with E-state index in [0.29, 0.717) is 35.6 Å². The summed E-state index contributed by atoms with van der Waals surface area (Å²) in [4.78, 5) is 22.4. The van der Waals surface area contributed by atoms with Gasteiger partial charge in [0.05, 0.1) is 11.0 Å². The van der Waals surface area contributed by atoms with Crippen molar-refractivity contribution in [2.75, 3.05) is 12.3 Å². The highest BCUT2D eigenvalue weighted by atomic mass is 16.1.